The van der Waals surface area contributed by atoms with Crippen molar-refractivity contribution >= 4 is 22.5 Å². The van der Waals surface area contributed by atoms with Gasteiger partial charge in [0.05, 0.1) is 5.69 Å². The summed E-state index contributed by atoms with van der Waals surface area (Å²) in [5.74, 6) is 0.451. The van der Waals surface area contributed by atoms with E-state index in [1.165, 1.54) is 0 Å². The Morgan fingerprint density at radius 1 is 0.708 bits per heavy atom. The number of phenolic OH excluding ortho intramolecular Hbond substituents is 2. The molecule has 4 heteroatoms. The van der Waals surface area contributed by atoms with Crippen molar-refractivity contribution in [1.82, 2.24) is 4.98 Å². The average molecular weight is 336 g/mol. The number of fused-ring (bicyclic) bond motifs is 1. The highest BCUT2D eigenvalue weighted by atomic mass is 35.5. The third-order valence-corrected chi connectivity index (χ3v) is 4.31. The molecule has 0 saturated carbocycles. The minimum absolute atomic E-state index is 0.225. The molecular weight excluding hydrogens is 322 g/mol. The summed E-state index contributed by atoms with van der Waals surface area (Å²) >= 11 is 6.19. The van der Waals surface area contributed by atoms with Crippen molar-refractivity contribution in [3.63, 3.8) is 0 Å². The van der Waals surface area contributed by atoms with Gasteiger partial charge >= 0.3 is 0 Å². The highest BCUT2D eigenvalue weighted by Crippen LogP contribution is 2.39. The molecule has 0 aliphatic carbocycles. The largest absolute Gasteiger partial charge is 0.508 e. The number of aromatic amines is 1. The van der Waals surface area contributed by atoms with Gasteiger partial charge < -0.3 is 15.2 Å². The Hall–Kier alpha value is -2.91. The first-order chi connectivity index (χ1) is 11.6. The zero-order chi connectivity index (χ0) is 16.7. The van der Waals surface area contributed by atoms with Gasteiger partial charge in [-0.3, -0.25) is 0 Å². The number of nitrogens with one attached hydrogen (secondary N) is 1. The lowest BCUT2D eigenvalue weighted by atomic mass is 9.98. The van der Waals surface area contributed by atoms with Gasteiger partial charge in [0.1, 0.15) is 11.5 Å². The first-order valence-electron chi connectivity index (χ1n) is 7.52. The molecule has 1 heterocycles. The van der Waals surface area contributed by atoms with E-state index in [1.807, 2.05) is 42.5 Å². The van der Waals surface area contributed by atoms with E-state index in [1.54, 1.807) is 24.3 Å². The van der Waals surface area contributed by atoms with Crippen LogP contribution in [0.3, 0.4) is 0 Å². The van der Waals surface area contributed by atoms with Crippen LogP contribution in [-0.2, 0) is 0 Å². The number of hydrogen-bond donors (Lipinski definition) is 3. The topological polar surface area (TPSA) is 56.2 Å². The van der Waals surface area contributed by atoms with Gasteiger partial charge in [-0.05, 0) is 65.7 Å². The van der Waals surface area contributed by atoms with Crippen LogP contribution < -0.4 is 0 Å². The monoisotopic (exact) mass is 335 g/mol. The van der Waals surface area contributed by atoms with Gasteiger partial charge in [0.25, 0.3) is 0 Å². The molecule has 24 heavy (non-hydrogen) atoms. The number of benzene rings is 3. The first kappa shape index (κ1) is 14.7. The molecule has 0 fully saturated rings. The van der Waals surface area contributed by atoms with Crippen molar-refractivity contribution in [2.24, 2.45) is 0 Å². The van der Waals surface area contributed by atoms with Crippen molar-refractivity contribution in [2.45, 2.75) is 0 Å². The number of rotatable bonds is 2. The van der Waals surface area contributed by atoms with E-state index in [0.717, 1.165) is 33.3 Å². The number of aromatic hydroxyl groups is 2. The smallest absolute Gasteiger partial charge is 0.115 e. The maximum Gasteiger partial charge on any atom is 0.115 e. The molecule has 3 nitrogen and oxygen atoms in total. The molecule has 4 rings (SSSR count). The minimum Gasteiger partial charge on any atom is -0.508 e. The van der Waals surface area contributed by atoms with Crippen LogP contribution in [-0.4, -0.2) is 15.2 Å². The molecule has 0 amide bonds. The lowest BCUT2D eigenvalue weighted by Gasteiger charge is -2.06. The van der Waals surface area contributed by atoms with Crippen molar-refractivity contribution in [1.29, 1.82) is 0 Å². The molecule has 0 aliphatic rings. The minimum atomic E-state index is 0.225. The number of aromatic nitrogens is 1. The van der Waals surface area contributed by atoms with E-state index in [0.29, 0.717) is 5.02 Å². The van der Waals surface area contributed by atoms with Gasteiger partial charge in [0.15, 0.2) is 0 Å². The molecule has 0 aliphatic heterocycles. The third kappa shape index (κ3) is 2.49. The normalized spacial score (nSPS) is 11.0. The summed E-state index contributed by atoms with van der Waals surface area (Å²) in [6.07, 6.45) is 0. The van der Waals surface area contributed by atoms with E-state index in [4.69, 9.17) is 11.6 Å². The highest BCUT2D eigenvalue weighted by Gasteiger charge is 2.15. The Bertz CT molecular complexity index is 1020. The Morgan fingerprint density at radius 3 is 1.92 bits per heavy atom. The van der Waals surface area contributed by atoms with Crippen LogP contribution in [0.25, 0.3) is 33.3 Å². The second-order valence-corrected chi connectivity index (χ2v) is 6.10. The zero-order valence-electron chi connectivity index (χ0n) is 12.6. The summed E-state index contributed by atoms with van der Waals surface area (Å²) in [4.78, 5) is 3.44. The molecule has 0 unspecified atom stereocenters. The Morgan fingerprint density at radius 2 is 1.29 bits per heavy atom. The average Bonchev–Trinajstić information content (AvgIpc) is 2.95. The molecule has 118 valence electrons. The summed E-state index contributed by atoms with van der Waals surface area (Å²) < 4.78 is 0. The fourth-order valence-corrected chi connectivity index (χ4v) is 3.11. The van der Waals surface area contributed by atoms with E-state index >= 15 is 0 Å². The van der Waals surface area contributed by atoms with Gasteiger partial charge in [-0.1, -0.05) is 23.7 Å². The van der Waals surface area contributed by atoms with Crippen LogP contribution in [0.15, 0.2) is 66.7 Å². The van der Waals surface area contributed by atoms with E-state index < -0.39 is 0 Å². The predicted molar refractivity (Wildman–Crippen MR) is 97.5 cm³/mol. The third-order valence-electron chi connectivity index (χ3n) is 4.07. The van der Waals surface area contributed by atoms with Gasteiger partial charge in [-0.2, -0.15) is 0 Å². The molecule has 4 aromatic rings. The molecule has 3 aromatic carbocycles. The molecular formula is C20H14ClNO2. The molecule has 0 saturated heterocycles. The SMILES string of the molecule is Oc1ccc(-c2[nH]c3ccc(Cl)cc3c2-c2ccc(O)cc2)cc1. The van der Waals surface area contributed by atoms with Gasteiger partial charge in [0, 0.05) is 21.5 Å². The van der Waals surface area contributed by atoms with Crippen molar-refractivity contribution in [3.8, 4) is 33.9 Å². The van der Waals surface area contributed by atoms with E-state index in [-0.39, 0.29) is 11.5 Å². The van der Waals surface area contributed by atoms with Gasteiger partial charge in [0.2, 0.25) is 0 Å². The molecule has 0 spiro atoms. The second kappa shape index (κ2) is 5.62. The van der Waals surface area contributed by atoms with Crippen LogP contribution in [0.2, 0.25) is 5.02 Å². The molecule has 3 N–H and O–H groups in total. The lowest BCUT2D eigenvalue weighted by molar-refractivity contribution is 0.475. The van der Waals surface area contributed by atoms with E-state index in [2.05, 4.69) is 4.98 Å². The van der Waals surface area contributed by atoms with Crippen LogP contribution >= 0.6 is 11.6 Å². The second-order valence-electron chi connectivity index (χ2n) is 5.66. The molecule has 1 aromatic heterocycles. The van der Waals surface area contributed by atoms with Crippen LogP contribution in [0.1, 0.15) is 0 Å². The predicted octanol–water partition coefficient (Wildman–Crippen LogP) is 5.57. The van der Waals surface area contributed by atoms with Crippen LogP contribution in [0, 0.1) is 0 Å². The molecule has 0 radical (unpaired) electrons. The fourth-order valence-electron chi connectivity index (χ4n) is 2.94. The first-order valence-corrected chi connectivity index (χ1v) is 7.89. The quantitative estimate of drug-likeness (QED) is 0.448. The number of halogens is 1. The lowest BCUT2D eigenvalue weighted by Crippen LogP contribution is -1.82. The van der Waals surface area contributed by atoms with Crippen molar-refractivity contribution in [2.75, 3.05) is 0 Å². The maximum atomic E-state index is 9.57. The summed E-state index contributed by atoms with van der Waals surface area (Å²) in [7, 11) is 0. The number of H-pyrrole nitrogens is 1. The Balaban J connectivity index is 2.03. The number of hydrogen-bond acceptors (Lipinski definition) is 2. The van der Waals surface area contributed by atoms with Crippen molar-refractivity contribution < 1.29 is 10.2 Å². The van der Waals surface area contributed by atoms with Crippen molar-refractivity contribution in [3.05, 3.63) is 71.8 Å². The summed E-state index contributed by atoms with van der Waals surface area (Å²) in [5, 5.41) is 20.8. The summed E-state index contributed by atoms with van der Waals surface area (Å²) in [6.45, 7) is 0. The van der Waals surface area contributed by atoms with E-state index in [9.17, 15) is 10.2 Å². The number of phenols is 2. The zero-order valence-corrected chi connectivity index (χ0v) is 13.4. The van der Waals surface area contributed by atoms with Gasteiger partial charge in [-0.25, -0.2) is 0 Å². The fraction of sp³-hybridized carbons (Fsp3) is 0. The maximum absolute atomic E-state index is 9.57. The van der Waals surface area contributed by atoms with Crippen LogP contribution in [0.4, 0.5) is 0 Å². The Labute approximate surface area is 143 Å². The molecule has 0 bridgehead atoms. The Kier molecular flexibility index (Phi) is 3.44. The van der Waals surface area contributed by atoms with Crippen LogP contribution in [0.5, 0.6) is 11.5 Å². The standard InChI is InChI=1S/C20H14ClNO2/c21-14-5-10-18-17(11-14)19(12-1-6-15(23)7-2-12)20(22-18)13-3-8-16(24)9-4-13/h1-11,22-24H. The highest BCUT2D eigenvalue weighted by molar-refractivity contribution is 6.31. The summed E-state index contributed by atoms with van der Waals surface area (Å²) in [5.41, 5.74) is 4.87. The molecule has 0 atom stereocenters. The van der Waals surface area contributed by atoms with Gasteiger partial charge in [-0.15, -0.1) is 0 Å². The summed E-state index contributed by atoms with van der Waals surface area (Å²) in [6, 6.07) is 19.9.